The molecular formula is C19H21BrClNO5. The van der Waals surface area contributed by atoms with Gasteiger partial charge in [0, 0.05) is 23.0 Å². The first-order chi connectivity index (χ1) is 12.9. The first kappa shape index (κ1) is 21.2. The highest BCUT2D eigenvalue weighted by atomic mass is 79.9. The Morgan fingerprint density at radius 3 is 2.11 bits per heavy atom. The number of aryl methyl sites for hydroxylation is 1. The highest BCUT2D eigenvalue weighted by Crippen LogP contribution is 2.36. The zero-order chi connectivity index (χ0) is 20.0. The first-order valence-electron chi connectivity index (χ1n) is 8.05. The summed E-state index contributed by atoms with van der Waals surface area (Å²) >= 11 is 9.58. The van der Waals surface area contributed by atoms with Crippen LogP contribution in [0.25, 0.3) is 0 Å². The molecule has 0 unspecified atom stereocenters. The van der Waals surface area contributed by atoms with Crippen LogP contribution in [0.4, 0.5) is 5.69 Å². The normalized spacial score (nSPS) is 10.3. The number of rotatable bonds is 8. The number of benzene rings is 2. The third-order valence-electron chi connectivity index (χ3n) is 3.92. The predicted molar refractivity (Wildman–Crippen MR) is 109 cm³/mol. The van der Waals surface area contributed by atoms with Gasteiger partial charge in [0.05, 0.1) is 39.1 Å². The standard InChI is InChI=1S/C19H21BrClNO5/c1-24-15-10-14(16(25-2)9-13(15)21)22-19(23)6-5-11-7-17(26-3)18(27-4)8-12(11)20/h7-10H,5-6H2,1-4H3,(H,22,23). The van der Waals surface area contributed by atoms with Crippen LogP contribution in [-0.2, 0) is 11.2 Å². The summed E-state index contributed by atoms with van der Waals surface area (Å²) in [5.74, 6) is 1.98. The van der Waals surface area contributed by atoms with Crippen LogP contribution in [0.1, 0.15) is 12.0 Å². The number of hydrogen-bond acceptors (Lipinski definition) is 5. The van der Waals surface area contributed by atoms with E-state index in [1.54, 1.807) is 26.4 Å². The second-order valence-electron chi connectivity index (χ2n) is 5.53. The van der Waals surface area contributed by atoms with Crippen LogP contribution in [0.3, 0.4) is 0 Å². The van der Waals surface area contributed by atoms with Gasteiger partial charge in [-0.1, -0.05) is 27.5 Å². The molecule has 0 bridgehead atoms. The van der Waals surface area contributed by atoms with Gasteiger partial charge >= 0.3 is 0 Å². The number of anilines is 1. The summed E-state index contributed by atoms with van der Waals surface area (Å²) < 4.78 is 21.9. The summed E-state index contributed by atoms with van der Waals surface area (Å²) in [6.07, 6.45) is 0.780. The van der Waals surface area contributed by atoms with Gasteiger partial charge in [0.15, 0.2) is 11.5 Å². The zero-order valence-electron chi connectivity index (χ0n) is 15.5. The fraction of sp³-hybridized carbons (Fsp3) is 0.316. The second kappa shape index (κ2) is 9.71. The Balaban J connectivity index is 2.11. The molecule has 0 aliphatic heterocycles. The molecule has 2 aromatic rings. The molecule has 0 aliphatic rings. The van der Waals surface area contributed by atoms with E-state index >= 15 is 0 Å². The van der Waals surface area contributed by atoms with Crippen LogP contribution in [0.15, 0.2) is 28.7 Å². The zero-order valence-corrected chi connectivity index (χ0v) is 17.9. The van der Waals surface area contributed by atoms with Gasteiger partial charge in [-0.2, -0.15) is 0 Å². The van der Waals surface area contributed by atoms with Gasteiger partial charge in [-0.15, -0.1) is 0 Å². The minimum atomic E-state index is -0.167. The molecular weight excluding hydrogens is 438 g/mol. The maximum Gasteiger partial charge on any atom is 0.224 e. The van der Waals surface area contributed by atoms with Gasteiger partial charge < -0.3 is 24.3 Å². The molecule has 0 atom stereocenters. The van der Waals surface area contributed by atoms with Gasteiger partial charge in [0.2, 0.25) is 5.91 Å². The highest BCUT2D eigenvalue weighted by Gasteiger charge is 2.14. The lowest BCUT2D eigenvalue weighted by molar-refractivity contribution is -0.116. The fourth-order valence-electron chi connectivity index (χ4n) is 2.51. The SMILES string of the molecule is COc1cc(NC(=O)CCc2cc(OC)c(OC)cc2Br)c(OC)cc1Cl. The molecule has 2 rings (SSSR count). The molecule has 0 aliphatic carbocycles. The van der Waals surface area contributed by atoms with E-state index in [4.69, 9.17) is 30.5 Å². The Morgan fingerprint density at radius 2 is 1.52 bits per heavy atom. The maximum absolute atomic E-state index is 12.4. The van der Waals surface area contributed by atoms with E-state index in [9.17, 15) is 4.79 Å². The lowest BCUT2D eigenvalue weighted by atomic mass is 10.1. The van der Waals surface area contributed by atoms with Crippen molar-refractivity contribution in [2.75, 3.05) is 33.8 Å². The van der Waals surface area contributed by atoms with Crippen LogP contribution in [0.2, 0.25) is 5.02 Å². The van der Waals surface area contributed by atoms with Crippen molar-refractivity contribution in [2.24, 2.45) is 0 Å². The van der Waals surface area contributed by atoms with Crippen LogP contribution < -0.4 is 24.3 Å². The van der Waals surface area contributed by atoms with Gasteiger partial charge in [0.25, 0.3) is 0 Å². The molecule has 0 radical (unpaired) electrons. The number of halogens is 2. The number of carbonyl (C=O) groups is 1. The Morgan fingerprint density at radius 1 is 0.926 bits per heavy atom. The summed E-state index contributed by atoms with van der Waals surface area (Å²) in [5, 5.41) is 3.23. The molecule has 8 heteroatoms. The van der Waals surface area contributed by atoms with E-state index < -0.39 is 0 Å². The topological polar surface area (TPSA) is 66.0 Å². The maximum atomic E-state index is 12.4. The Bertz CT molecular complexity index is 828. The molecule has 1 amide bonds. The Kier molecular flexibility index (Phi) is 7.62. The minimum Gasteiger partial charge on any atom is -0.495 e. The highest BCUT2D eigenvalue weighted by molar-refractivity contribution is 9.10. The van der Waals surface area contributed by atoms with E-state index in [2.05, 4.69) is 21.2 Å². The van der Waals surface area contributed by atoms with Crippen molar-refractivity contribution < 1.29 is 23.7 Å². The van der Waals surface area contributed by atoms with Crippen molar-refractivity contribution in [3.05, 3.63) is 39.3 Å². The van der Waals surface area contributed by atoms with Crippen LogP contribution in [0.5, 0.6) is 23.0 Å². The number of methoxy groups -OCH3 is 4. The minimum absolute atomic E-state index is 0.167. The molecule has 0 aromatic heterocycles. The molecule has 0 heterocycles. The molecule has 0 saturated carbocycles. The molecule has 0 saturated heterocycles. The molecule has 0 spiro atoms. The smallest absolute Gasteiger partial charge is 0.224 e. The molecule has 6 nitrogen and oxygen atoms in total. The van der Waals surface area contributed by atoms with Crippen molar-refractivity contribution in [3.8, 4) is 23.0 Å². The van der Waals surface area contributed by atoms with E-state index in [1.165, 1.54) is 14.2 Å². The number of carbonyl (C=O) groups excluding carboxylic acids is 1. The van der Waals surface area contributed by atoms with Crippen molar-refractivity contribution in [1.29, 1.82) is 0 Å². The lowest BCUT2D eigenvalue weighted by Gasteiger charge is -2.14. The Hall–Kier alpha value is -2.12. The van der Waals surface area contributed by atoms with Gasteiger partial charge in [-0.05, 0) is 24.1 Å². The third kappa shape index (κ3) is 5.20. The van der Waals surface area contributed by atoms with Crippen molar-refractivity contribution in [3.63, 3.8) is 0 Å². The van der Waals surface area contributed by atoms with Gasteiger partial charge in [-0.25, -0.2) is 0 Å². The van der Waals surface area contributed by atoms with Crippen LogP contribution in [-0.4, -0.2) is 34.3 Å². The van der Waals surface area contributed by atoms with Crippen LogP contribution >= 0.6 is 27.5 Å². The third-order valence-corrected chi connectivity index (χ3v) is 4.96. The molecule has 0 fully saturated rings. The summed E-state index contributed by atoms with van der Waals surface area (Å²) in [6.45, 7) is 0. The predicted octanol–water partition coefficient (Wildman–Crippen LogP) is 4.71. The summed E-state index contributed by atoms with van der Waals surface area (Å²) in [6, 6.07) is 6.90. The van der Waals surface area contributed by atoms with Gasteiger partial charge in [0.1, 0.15) is 11.5 Å². The van der Waals surface area contributed by atoms with Crippen molar-refractivity contribution in [1.82, 2.24) is 0 Å². The molecule has 2 aromatic carbocycles. The largest absolute Gasteiger partial charge is 0.495 e. The molecule has 146 valence electrons. The van der Waals surface area contributed by atoms with Crippen molar-refractivity contribution >= 4 is 39.1 Å². The molecule has 1 N–H and O–H groups in total. The first-order valence-corrected chi connectivity index (χ1v) is 9.22. The fourth-order valence-corrected chi connectivity index (χ4v) is 3.26. The van der Waals surface area contributed by atoms with E-state index in [-0.39, 0.29) is 12.3 Å². The lowest BCUT2D eigenvalue weighted by Crippen LogP contribution is -2.13. The van der Waals surface area contributed by atoms with E-state index in [0.29, 0.717) is 40.1 Å². The summed E-state index contributed by atoms with van der Waals surface area (Å²) in [5.41, 5.74) is 1.43. The Labute approximate surface area is 171 Å². The summed E-state index contributed by atoms with van der Waals surface area (Å²) in [7, 11) is 6.16. The van der Waals surface area contributed by atoms with Crippen molar-refractivity contribution in [2.45, 2.75) is 12.8 Å². The number of ether oxygens (including phenoxy) is 4. The number of hydrogen-bond donors (Lipinski definition) is 1. The second-order valence-corrected chi connectivity index (χ2v) is 6.80. The van der Waals surface area contributed by atoms with E-state index in [0.717, 1.165) is 10.0 Å². The quantitative estimate of drug-likeness (QED) is 0.621. The number of nitrogens with one attached hydrogen (secondary N) is 1. The van der Waals surface area contributed by atoms with Crippen LogP contribution in [0, 0.1) is 0 Å². The van der Waals surface area contributed by atoms with Gasteiger partial charge in [-0.3, -0.25) is 4.79 Å². The average molecular weight is 459 g/mol. The van der Waals surface area contributed by atoms with E-state index in [1.807, 2.05) is 12.1 Å². The number of amides is 1. The molecule has 27 heavy (non-hydrogen) atoms. The summed E-state index contributed by atoms with van der Waals surface area (Å²) in [4.78, 5) is 12.4. The average Bonchev–Trinajstić information content (AvgIpc) is 2.67. The monoisotopic (exact) mass is 457 g/mol.